The first kappa shape index (κ1) is 10.7. The van der Waals surface area contributed by atoms with Crippen LogP contribution in [0, 0.1) is 0 Å². The van der Waals surface area contributed by atoms with E-state index in [1.807, 2.05) is 0 Å². The van der Waals surface area contributed by atoms with Crippen molar-refractivity contribution in [3.63, 3.8) is 0 Å². The van der Waals surface area contributed by atoms with E-state index in [-0.39, 0.29) is 11.5 Å². The van der Waals surface area contributed by atoms with Crippen LogP contribution < -0.4 is 0 Å². The van der Waals surface area contributed by atoms with E-state index in [0.717, 1.165) is 18.7 Å². The molecule has 0 atom stereocenters. The summed E-state index contributed by atoms with van der Waals surface area (Å²) in [5, 5.41) is 8.78. The molecule has 0 aliphatic heterocycles. The molecule has 2 rings (SSSR count). The van der Waals surface area contributed by atoms with Crippen molar-refractivity contribution in [2.75, 3.05) is 6.61 Å². The van der Waals surface area contributed by atoms with E-state index >= 15 is 0 Å². The van der Waals surface area contributed by atoms with Crippen LogP contribution in [0.3, 0.4) is 0 Å². The van der Waals surface area contributed by atoms with E-state index in [9.17, 15) is 4.79 Å². The number of aliphatic hydroxyl groups is 1. The third-order valence-electron chi connectivity index (χ3n) is 2.64. The SMILES string of the molecule is O=C(CO)c1nc(C2CCC2)ncc1Br. The number of aromatic nitrogens is 2. The zero-order valence-electron chi connectivity index (χ0n) is 8.11. The predicted octanol–water partition coefficient (Wildman–Crippen LogP) is 1.68. The summed E-state index contributed by atoms with van der Waals surface area (Å²) in [7, 11) is 0. The molecular formula is C10H11BrN2O2. The van der Waals surface area contributed by atoms with Crippen molar-refractivity contribution in [2.45, 2.75) is 25.2 Å². The van der Waals surface area contributed by atoms with Gasteiger partial charge in [0.2, 0.25) is 5.78 Å². The Bertz CT molecular complexity index is 391. The van der Waals surface area contributed by atoms with Crippen LogP contribution in [0.1, 0.15) is 41.5 Å². The maximum Gasteiger partial charge on any atom is 0.207 e. The molecule has 1 N–H and O–H groups in total. The molecule has 4 nitrogen and oxygen atoms in total. The van der Waals surface area contributed by atoms with Gasteiger partial charge in [-0.3, -0.25) is 4.79 Å². The fourth-order valence-corrected chi connectivity index (χ4v) is 1.93. The first-order valence-electron chi connectivity index (χ1n) is 4.89. The molecule has 0 radical (unpaired) electrons. The van der Waals surface area contributed by atoms with Gasteiger partial charge < -0.3 is 5.11 Å². The number of aliphatic hydroxyl groups excluding tert-OH is 1. The molecule has 1 aliphatic rings. The Morgan fingerprint density at radius 2 is 2.33 bits per heavy atom. The average molecular weight is 271 g/mol. The summed E-state index contributed by atoms with van der Waals surface area (Å²) >= 11 is 3.20. The minimum absolute atomic E-state index is 0.286. The Kier molecular flexibility index (Phi) is 3.11. The zero-order chi connectivity index (χ0) is 10.8. The molecule has 1 fully saturated rings. The van der Waals surface area contributed by atoms with Gasteiger partial charge >= 0.3 is 0 Å². The summed E-state index contributed by atoms with van der Waals surface area (Å²) in [5.41, 5.74) is 0.286. The number of rotatable bonds is 3. The lowest BCUT2D eigenvalue weighted by Gasteiger charge is -2.23. The summed E-state index contributed by atoms with van der Waals surface area (Å²) < 4.78 is 0.546. The maximum atomic E-state index is 11.3. The number of Topliss-reactive ketones (excluding diaryl/α,β-unsaturated/α-hetero) is 1. The quantitative estimate of drug-likeness (QED) is 0.849. The summed E-state index contributed by atoms with van der Waals surface area (Å²) in [5.74, 6) is 0.745. The van der Waals surface area contributed by atoms with Gasteiger partial charge in [-0.1, -0.05) is 6.42 Å². The van der Waals surface area contributed by atoms with Gasteiger partial charge in [-0.2, -0.15) is 0 Å². The largest absolute Gasteiger partial charge is 0.388 e. The summed E-state index contributed by atoms with van der Waals surface area (Å²) in [6.07, 6.45) is 4.97. The van der Waals surface area contributed by atoms with Crippen LogP contribution in [-0.2, 0) is 0 Å². The van der Waals surface area contributed by atoms with E-state index in [0.29, 0.717) is 10.4 Å². The minimum atomic E-state index is -0.514. The molecule has 1 aromatic rings. The molecular weight excluding hydrogens is 260 g/mol. The number of carbonyl (C=O) groups excluding carboxylic acids is 1. The van der Waals surface area contributed by atoms with Gasteiger partial charge in [-0.15, -0.1) is 0 Å². The normalized spacial score (nSPS) is 16.1. The van der Waals surface area contributed by atoms with Gasteiger partial charge in [0.15, 0.2) is 0 Å². The molecule has 0 bridgehead atoms. The zero-order valence-corrected chi connectivity index (χ0v) is 9.70. The number of ketones is 1. The van der Waals surface area contributed by atoms with Gasteiger partial charge in [0.1, 0.15) is 18.1 Å². The van der Waals surface area contributed by atoms with Crippen molar-refractivity contribution >= 4 is 21.7 Å². The highest BCUT2D eigenvalue weighted by Crippen LogP contribution is 2.34. The van der Waals surface area contributed by atoms with Crippen molar-refractivity contribution in [1.29, 1.82) is 0 Å². The van der Waals surface area contributed by atoms with E-state index in [1.165, 1.54) is 6.42 Å². The summed E-state index contributed by atoms with van der Waals surface area (Å²) in [6, 6.07) is 0. The molecule has 1 aliphatic carbocycles. The summed E-state index contributed by atoms with van der Waals surface area (Å²) in [4.78, 5) is 19.7. The smallest absolute Gasteiger partial charge is 0.207 e. The lowest BCUT2D eigenvalue weighted by Crippen LogP contribution is -2.16. The van der Waals surface area contributed by atoms with Crippen LogP contribution in [-0.4, -0.2) is 27.5 Å². The van der Waals surface area contributed by atoms with Crippen LogP contribution >= 0.6 is 15.9 Å². The van der Waals surface area contributed by atoms with E-state index in [1.54, 1.807) is 6.20 Å². The highest BCUT2D eigenvalue weighted by atomic mass is 79.9. The molecule has 1 saturated carbocycles. The molecule has 5 heteroatoms. The van der Waals surface area contributed by atoms with Crippen LogP contribution in [0.25, 0.3) is 0 Å². The van der Waals surface area contributed by atoms with E-state index in [2.05, 4.69) is 25.9 Å². The number of nitrogens with zero attached hydrogens (tertiary/aromatic N) is 2. The number of halogens is 1. The fourth-order valence-electron chi connectivity index (χ4n) is 1.51. The number of hydrogen-bond acceptors (Lipinski definition) is 4. The Hall–Kier alpha value is -0.810. The van der Waals surface area contributed by atoms with Crippen molar-refractivity contribution in [2.24, 2.45) is 0 Å². The van der Waals surface area contributed by atoms with E-state index in [4.69, 9.17) is 5.11 Å². The molecule has 0 spiro atoms. The van der Waals surface area contributed by atoms with Crippen LogP contribution in [0.5, 0.6) is 0 Å². The third-order valence-corrected chi connectivity index (χ3v) is 3.22. The lowest BCUT2D eigenvalue weighted by molar-refractivity contribution is 0.0897. The minimum Gasteiger partial charge on any atom is -0.388 e. The number of hydrogen-bond donors (Lipinski definition) is 1. The Morgan fingerprint density at radius 1 is 1.60 bits per heavy atom. The summed E-state index contributed by atoms with van der Waals surface area (Å²) in [6.45, 7) is -0.514. The first-order valence-corrected chi connectivity index (χ1v) is 5.68. The molecule has 0 amide bonds. The van der Waals surface area contributed by atoms with Gasteiger partial charge in [0, 0.05) is 12.1 Å². The average Bonchev–Trinajstić information content (AvgIpc) is 2.17. The van der Waals surface area contributed by atoms with Gasteiger partial charge in [0.05, 0.1) is 4.47 Å². The first-order chi connectivity index (χ1) is 7.22. The second kappa shape index (κ2) is 4.37. The standard InChI is InChI=1S/C10H11BrN2O2/c11-7-4-12-10(6-2-1-3-6)13-9(7)8(15)5-14/h4,6,14H,1-3,5H2. The van der Waals surface area contributed by atoms with Crippen LogP contribution in [0.4, 0.5) is 0 Å². The Balaban J connectivity index is 2.31. The van der Waals surface area contributed by atoms with Crippen molar-refractivity contribution < 1.29 is 9.90 Å². The highest BCUT2D eigenvalue weighted by molar-refractivity contribution is 9.10. The second-order valence-corrected chi connectivity index (χ2v) is 4.49. The highest BCUT2D eigenvalue weighted by Gasteiger charge is 2.24. The number of carbonyl (C=O) groups is 1. The third kappa shape index (κ3) is 2.08. The van der Waals surface area contributed by atoms with Crippen molar-refractivity contribution in [3.8, 4) is 0 Å². The molecule has 0 saturated heterocycles. The lowest BCUT2D eigenvalue weighted by atomic mass is 9.85. The van der Waals surface area contributed by atoms with Crippen LogP contribution in [0.15, 0.2) is 10.7 Å². The van der Waals surface area contributed by atoms with Crippen molar-refractivity contribution in [1.82, 2.24) is 9.97 Å². The van der Waals surface area contributed by atoms with Gasteiger partial charge in [-0.05, 0) is 28.8 Å². The predicted molar refractivity (Wildman–Crippen MR) is 57.7 cm³/mol. The topological polar surface area (TPSA) is 63.1 Å². The maximum absolute atomic E-state index is 11.3. The molecule has 0 aromatic carbocycles. The monoisotopic (exact) mass is 270 g/mol. The molecule has 0 unspecified atom stereocenters. The molecule has 1 aromatic heterocycles. The Morgan fingerprint density at radius 3 is 2.87 bits per heavy atom. The molecule has 80 valence electrons. The molecule has 1 heterocycles. The second-order valence-electron chi connectivity index (χ2n) is 3.63. The van der Waals surface area contributed by atoms with Gasteiger partial charge in [0.25, 0.3) is 0 Å². The fraction of sp³-hybridized carbons (Fsp3) is 0.500. The molecule has 15 heavy (non-hydrogen) atoms. The van der Waals surface area contributed by atoms with Crippen LogP contribution in [0.2, 0.25) is 0 Å². The van der Waals surface area contributed by atoms with Gasteiger partial charge in [-0.25, -0.2) is 9.97 Å². The Labute approximate surface area is 95.9 Å². The van der Waals surface area contributed by atoms with E-state index < -0.39 is 6.61 Å². The van der Waals surface area contributed by atoms with Crippen molar-refractivity contribution in [3.05, 3.63) is 22.2 Å².